The molecule has 10 nitrogen and oxygen atoms in total. The van der Waals surface area contributed by atoms with Gasteiger partial charge in [-0.15, -0.1) is 0 Å². The van der Waals surface area contributed by atoms with Crippen molar-refractivity contribution in [1.82, 2.24) is 20.3 Å². The van der Waals surface area contributed by atoms with Gasteiger partial charge in [-0.25, -0.2) is 9.00 Å². The smallest absolute Gasteiger partial charge is 0.408 e. The third-order valence-corrected chi connectivity index (χ3v) is 10.4. The number of nitrogens with zero attached hydrogens (tertiary/aromatic N) is 2. The lowest BCUT2D eigenvalue weighted by molar-refractivity contribution is -0.139. The van der Waals surface area contributed by atoms with E-state index in [4.69, 9.17) is 4.74 Å². The Bertz CT molecular complexity index is 1570. The van der Waals surface area contributed by atoms with Gasteiger partial charge in [0, 0.05) is 30.7 Å². The van der Waals surface area contributed by atoms with Crippen LogP contribution in [0.2, 0.25) is 0 Å². The van der Waals surface area contributed by atoms with Crippen molar-refractivity contribution in [3.63, 3.8) is 0 Å². The van der Waals surface area contributed by atoms with Gasteiger partial charge < -0.3 is 25.0 Å². The molecule has 2 heterocycles. The van der Waals surface area contributed by atoms with Crippen LogP contribution in [0, 0.1) is 0 Å². The summed E-state index contributed by atoms with van der Waals surface area (Å²) in [6, 6.07) is 17.2. The third kappa shape index (κ3) is 8.88. The van der Waals surface area contributed by atoms with Crippen LogP contribution >= 0.6 is 0 Å². The number of ether oxygens (including phenoxy) is 1. The minimum atomic E-state index is -2.85. The molecule has 0 aliphatic carbocycles. The molecule has 2 aliphatic rings. The predicted molar refractivity (Wildman–Crippen MR) is 189 cm³/mol. The molecule has 1 fully saturated rings. The van der Waals surface area contributed by atoms with Crippen molar-refractivity contribution >= 4 is 39.4 Å². The Morgan fingerprint density at radius 2 is 1.62 bits per heavy atom. The third-order valence-electron chi connectivity index (χ3n) is 8.70. The maximum Gasteiger partial charge on any atom is 0.408 e. The molecule has 1 saturated heterocycles. The number of aryl methyl sites for hydroxylation is 1. The van der Waals surface area contributed by atoms with E-state index in [0.29, 0.717) is 51.0 Å². The molecule has 2 aromatic carbocycles. The molecule has 1 unspecified atom stereocenters. The van der Waals surface area contributed by atoms with Gasteiger partial charge >= 0.3 is 6.09 Å². The average Bonchev–Trinajstić information content (AvgIpc) is 3.30. The highest BCUT2D eigenvalue weighted by atomic mass is 32.2. The number of carbonyl (C=O) groups excluding carboxylic acids is 3. The Hall–Kier alpha value is -3.99. The van der Waals surface area contributed by atoms with Gasteiger partial charge in [-0.05, 0) is 96.7 Å². The number of anilines is 1. The van der Waals surface area contributed by atoms with E-state index in [2.05, 4.69) is 33.9 Å². The molecular weight excluding hydrogens is 614 g/mol. The second-order valence-electron chi connectivity index (χ2n) is 14.3. The summed E-state index contributed by atoms with van der Waals surface area (Å²) >= 11 is 0. The number of fused-ring (bicyclic) bond motifs is 2. The largest absolute Gasteiger partial charge is 0.444 e. The number of piperidine rings is 1. The number of rotatable bonds is 11. The van der Waals surface area contributed by atoms with Crippen molar-refractivity contribution in [3.05, 3.63) is 78.0 Å². The fraction of sp³-hybridized carbons (Fsp3) is 0.500. The van der Waals surface area contributed by atoms with Gasteiger partial charge in [0.05, 0.1) is 5.69 Å². The summed E-state index contributed by atoms with van der Waals surface area (Å²) in [6.07, 6.45) is 2.53. The molecule has 0 saturated carbocycles. The molecule has 2 atom stereocenters. The van der Waals surface area contributed by atoms with E-state index in [1.807, 2.05) is 57.7 Å². The molecule has 2 aromatic rings. The van der Waals surface area contributed by atoms with Crippen LogP contribution in [-0.2, 0) is 36.1 Å². The zero-order valence-corrected chi connectivity index (χ0v) is 29.5. The first-order valence-corrected chi connectivity index (χ1v) is 17.9. The number of hydrogen-bond donors (Lipinski definition) is 3. The number of alkyl carbamates (subject to hydrolysis) is 1. The van der Waals surface area contributed by atoms with Crippen LogP contribution in [0.25, 0.3) is 0 Å². The summed E-state index contributed by atoms with van der Waals surface area (Å²) in [6.45, 7) is 15.5. The lowest BCUT2D eigenvalue weighted by Crippen LogP contribution is -2.60. The lowest BCUT2D eigenvalue weighted by atomic mass is 9.74. The number of nitrogens with one attached hydrogen (secondary N) is 3. The van der Waals surface area contributed by atoms with Crippen LogP contribution in [0.15, 0.2) is 66.9 Å². The highest BCUT2D eigenvalue weighted by Gasteiger charge is 2.47. The van der Waals surface area contributed by atoms with Crippen molar-refractivity contribution in [2.75, 3.05) is 23.9 Å². The van der Waals surface area contributed by atoms with Crippen molar-refractivity contribution in [1.29, 1.82) is 0 Å². The summed E-state index contributed by atoms with van der Waals surface area (Å²) in [5.74, 6) is 3.39. The first-order valence-electron chi connectivity index (χ1n) is 16.2. The number of hydrogen-bond acceptors (Lipinski definition) is 5. The molecule has 256 valence electrons. The van der Waals surface area contributed by atoms with Crippen molar-refractivity contribution in [2.45, 2.75) is 96.2 Å². The van der Waals surface area contributed by atoms with Gasteiger partial charge in [-0.3, -0.25) is 13.9 Å². The Balaban J connectivity index is 1.49. The van der Waals surface area contributed by atoms with Crippen LogP contribution in [0.3, 0.4) is 0 Å². The normalized spacial score (nSPS) is 17.7. The zero-order chi connectivity index (χ0) is 34.6. The van der Waals surface area contributed by atoms with E-state index in [9.17, 15) is 18.6 Å². The predicted octanol–water partition coefficient (Wildman–Crippen LogP) is 4.85. The summed E-state index contributed by atoms with van der Waals surface area (Å²) in [7, 11) is -2.85. The molecule has 3 amide bonds. The SMILES string of the molecule is C=C(C)NS(=C)(=O)N1CC2(CCN(C(=O)[C@@H](CCCc3ccccc3)NC(=O)C(C)(C)NC(=O)OC(C)(C)C)CC2)c2ccccc21. The Morgan fingerprint density at radius 3 is 2.23 bits per heavy atom. The number of likely N-dealkylation sites (tertiary alicyclic amines) is 1. The minimum absolute atomic E-state index is 0.151. The number of amides is 3. The number of benzene rings is 2. The first kappa shape index (κ1) is 35.9. The van der Waals surface area contributed by atoms with E-state index in [1.165, 1.54) is 0 Å². The van der Waals surface area contributed by atoms with E-state index < -0.39 is 39.1 Å². The number of para-hydroxylation sites is 1. The van der Waals surface area contributed by atoms with Gasteiger partial charge in [0.15, 0.2) is 0 Å². The Labute approximate surface area is 280 Å². The molecule has 0 bridgehead atoms. The number of allylic oxidation sites excluding steroid dienone is 1. The van der Waals surface area contributed by atoms with Crippen molar-refractivity contribution in [3.8, 4) is 0 Å². The molecule has 11 heteroatoms. The van der Waals surface area contributed by atoms with Gasteiger partial charge in [0.25, 0.3) is 0 Å². The second kappa shape index (κ2) is 14.0. The van der Waals surface area contributed by atoms with Crippen LogP contribution in [0.5, 0.6) is 0 Å². The summed E-state index contributed by atoms with van der Waals surface area (Å²) in [5, 5.41) is 5.61. The van der Waals surface area contributed by atoms with Gasteiger partial charge in [0.2, 0.25) is 11.8 Å². The molecule has 3 N–H and O–H groups in total. The monoisotopic (exact) mass is 665 g/mol. The maximum atomic E-state index is 14.1. The molecule has 0 radical (unpaired) electrons. The average molecular weight is 666 g/mol. The zero-order valence-electron chi connectivity index (χ0n) is 28.7. The van der Waals surface area contributed by atoms with Gasteiger partial charge in [-0.1, -0.05) is 55.1 Å². The van der Waals surface area contributed by atoms with Gasteiger partial charge in [-0.2, -0.15) is 0 Å². The molecule has 0 aromatic heterocycles. The number of carbonyl (C=O) groups is 3. The topological polar surface area (TPSA) is 120 Å². The Morgan fingerprint density at radius 1 is 1.00 bits per heavy atom. The summed E-state index contributed by atoms with van der Waals surface area (Å²) < 4.78 is 23.8. The highest BCUT2D eigenvalue weighted by molar-refractivity contribution is 7.99. The van der Waals surface area contributed by atoms with Crippen LogP contribution in [-0.4, -0.2) is 69.7 Å². The first-order chi connectivity index (χ1) is 21.9. The van der Waals surface area contributed by atoms with Crippen molar-refractivity contribution in [2.24, 2.45) is 0 Å². The van der Waals surface area contributed by atoms with E-state index >= 15 is 0 Å². The van der Waals surface area contributed by atoms with E-state index in [1.54, 1.807) is 41.5 Å². The molecule has 1 spiro atoms. The molecule has 4 rings (SSSR count). The van der Waals surface area contributed by atoms with Crippen LogP contribution < -0.4 is 19.7 Å². The molecular formula is C36H51N5O5S. The van der Waals surface area contributed by atoms with Gasteiger partial charge in [0.1, 0.15) is 27.1 Å². The fourth-order valence-corrected chi connectivity index (χ4v) is 7.93. The van der Waals surface area contributed by atoms with Crippen LogP contribution in [0.4, 0.5) is 10.5 Å². The Kier molecular flexibility index (Phi) is 10.7. The second-order valence-corrected chi connectivity index (χ2v) is 16.3. The minimum Gasteiger partial charge on any atom is -0.444 e. The molecule has 2 aliphatic heterocycles. The van der Waals surface area contributed by atoms with E-state index in [-0.39, 0.29) is 11.3 Å². The van der Waals surface area contributed by atoms with Crippen molar-refractivity contribution < 1.29 is 23.3 Å². The molecule has 47 heavy (non-hydrogen) atoms. The standard InChI is InChI=1S/C36H51N5O5S/c1-26(2)39-47(8,45)41-25-36(28-18-12-13-20-30(28)41)21-23-40(24-22-36)31(42)29(19-14-17-27-15-10-9-11-16-27)37-32(43)35(6,7)38-33(44)46-34(3,4)5/h9-13,15-16,18,20,29H,1,8,14,17,19,21-25H2,2-7H3,(H,37,43)(H,38,44)(H,39,45)/t29-,47?/m1/s1. The maximum absolute atomic E-state index is 14.1. The lowest BCUT2D eigenvalue weighted by Gasteiger charge is -2.41. The highest BCUT2D eigenvalue weighted by Crippen LogP contribution is 2.48. The summed E-state index contributed by atoms with van der Waals surface area (Å²) in [4.78, 5) is 42.0. The van der Waals surface area contributed by atoms with E-state index in [0.717, 1.165) is 23.2 Å². The summed E-state index contributed by atoms with van der Waals surface area (Å²) in [5.41, 5.74) is 1.39. The quantitative estimate of drug-likeness (QED) is 0.297. The van der Waals surface area contributed by atoms with Crippen LogP contribution in [0.1, 0.15) is 78.4 Å². The fourth-order valence-electron chi connectivity index (χ4n) is 6.34.